The molecule has 1 aromatic heterocycles. The molecule has 0 unspecified atom stereocenters. The van der Waals surface area contributed by atoms with Gasteiger partial charge >= 0.3 is 0 Å². The molecule has 0 aliphatic heterocycles. The topological polar surface area (TPSA) is 62.6 Å². The predicted octanol–water partition coefficient (Wildman–Crippen LogP) is 2.52. The lowest BCUT2D eigenvalue weighted by Crippen LogP contribution is -2.25. The minimum atomic E-state index is -0.217. The molecule has 5 nitrogen and oxygen atoms in total. The van der Waals surface area contributed by atoms with E-state index in [0.717, 1.165) is 17.7 Å². The third-order valence-corrected chi connectivity index (χ3v) is 3.51. The Morgan fingerprint density at radius 2 is 1.96 bits per heavy atom. The lowest BCUT2D eigenvalue weighted by Gasteiger charge is -2.11. The fourth-order valence-corrected chi connectivity index (χ4v) is 2.22. The molecular formula is C18H22N2O3. The minimum absolute atomic E-state index is 0.0291. The maximum Gasteiger partial charge on any atom is 0.287 e. The highest BCUT2D eigenvalue weighted by molar-refractivity contribution is 5.94. The summed E-state index contributed by atoms with van der Waals surface area (Å²) in [4.78, 5) is 25.4. The standard InChI is InChI=1S/C18H22N2O3/c1-4-15-8-9-16(23-15)17(21)19-11-10-13-6-5-7-14(12-13)18(22)20(2)3/h5-9,12H,4,10-11H2,1-3H3,(H,19,21). The van der Waals surface area contributed by atoms with Gasteiger partial charge in [0.2, 0.25) is 0 Å². The van der Waals surface area contributed by atoms with Crippen LogP contribution in [0.1, 0.15) is 39.2 Å². The lowest BCUT2D eigenvalue weighted by atomic mass is 10.1. The van der Waals surface area contributed by atoms with E-state index in [1.807, 2.05) is 31.2 Å². The predicted molar refractivity (Wildman–Crippen MR) is 88.6 cm³/mol. The zero-order chi connectivity index (χ0) is 16.8. The minimum Gasteiger partial charge on any atom is -0.456 e. The second kappa shape index (κ2) is 7.63. The van der Waals surface area contributed by atoms with Gasteiger partial charge in [-0.05, 0) is 36.2 Å². The molecule has 2 amide bonds. The molecule has 0 radical (unpaired) electrons. The van der Waals surface area contributed by atoms with Crippen molar-refractivity contribution in [3.8, 4) is 0 Å². The molecule has 0 spiro atoms. The highest BCUT2D eigenvalue weighted by Gasteiger charge is 2.11. The average Bonchev–Trinajstić information content (AvgIpc) is 3.03. The Morgan fingerprint density at radius 3 is 2.61 bits per heavy atom. The molecule has 5 heteroatoms. The number of amides is 2. The van der Waals surface area contributed by atoms with E-state index < -0.39 is 0 Å². The van der Waals surface area contributed by atoms with Gasteiger partial charge < -0.3 is 14.6 Å². The van der Waals surface area contributed by atoms with Gasteiger partial charge in [-0.1, -0.05) is 19.1 Å². The monoisotopic (exact) mass is 314 g/mol. The number of nitrogens with one attached hydrogen (secondary N) is 1. The zero-order valence-corrected chi connectivity index (χ0v) is 13.8. The van der Waals surface area contributed by atoms with Crippen molar-refractivity contribution in [3.63, 3.8) is 0 Å². The van der Waals surface area contributed by atoms with Crippen molar-refractivity contribution in [1.29, 1.82) is 0 Å². The molecule has 2 aromatic rings. The largest absolute Gasteiger partial charge is 0.456 e. The third-order valence-electron chi connectivity index (χ3n) is 3.51. The number of benzene rings is 1. The molecule has 0 bridgehead atoms. The van der Waals surface area contributed by atoms with E-state index in [4.69, 9.17) is 4.42 Å². The van der Waals surface area contributed by atoms with Gasteiger partial charge in [0.1, 0.15) is 5.76 Å². The maximum atomic E-state index is 12.0. The normalized spacial score (nSPS) is 10.4. The quantitative estimate of drug-likeness (QED) is 0.891. The maximum absolute atomic E-state index is 12.0. The first-order valence-electron chi connectivity index (χ1n) is 7.68. The molecule has 122 valence electrons. The Bertz CT molecular complexity index is 689. The van der Waals surface area contributed by atoms with Crippen molar-refractivity contribution in [3.05, 3.63) is 59.0 Å². The number of nitrogens with zero attached hydrogens (tertiary/aromatic N) is 1. The summed E-state index contributed by atoms with van der Waals surface area (Å²) in [6.45, 7) is 2.46. The van der Waals surface area contributed by atoms with Crippen LogP contribution in [0.3, 0.4) is 0 Å². The van der Waals surface area contributed by atoms with E-state index >= 15 is 0 Å². The van der Waals surface area contributed by atoms with Crippen LogP contribution >= 0.6 is 0 Å². The second-order valence-corrected chi connectivity index (χ2v) is 5.53. The van der Waals surface area contributed by atoms with Crippen molar-refractivity contribution in [1.82, 2.24) is 10.2 Å². The Labute approximate surface area is 136 Å². The van der Waals surface area contributed by atoms with Gasteiger partial charge in [0, 0.05) is 32.6 Å². The number of furan rings is 1. The first-order chi connectivity index (χ1) is 11.0. The van der Waals surface area contributed by atoms with E-state index in [0.29, 0.717) is 24.3 Å². The molecule has 0 saturated carbocycles. The third kappa shape index (κ3) is 4.45. The number of hydrogen-bond acceptors (Lipinski definition) is 3. The molecule has 0 aliphatic carbocycles. The van der Waals surface area contributed by atoms with Gasteiger partial charge in [-0.15, -0.1) is 0 Å². The van der Waals surface area contributed by atoms with Gasteiger partial charge in [-0.25, -0.2) is 0 Å². The van der Waals surface area contributed by atoms with Gasteiger partial charge in [-0.2, -0.15) is 0 Å². The number of carbonyl (C=O) groups excluding carboxylic acids is 2. The van der Waals surface area contributed by atoms with E-state index in [1.54, 1.807) is 31.1 Å². The second-order valence-electron chi connectivity index (χ2n) is 5.53. The molecule has 1 aromatic carbocycles. The van der Waals surface area contributed by atoms with E-state index in [9.17, 15) is 9.59 Å². The molecule has 0 atom stereocenters. The van der Waals surface area contributed by atoms with Crippen molar-refractivity contribution in [2.75, 3.05) is 20.6 Å². The van der Waals surface area contributed by atoms with Crippen molar-refractivity contribution >= 4 is 11.8 Å². The fraction of sp³-hybridized carbons (Fsp3) is 0.333. The van der Waals surface area contributed by atoms with Gasteiger partial charge in [0.25, 0.3) is 11.8 Å². The Morgan fingerprint density at radius 1 is 1.17 bits per heavy atom. The molecule has 0 fully saturated rings. The van der Waals surface area contributed by atoms with E-state index in [1.165, 1.54) is 0 Å². The van der Waals surface area contributed by atoms with Crippen molar-refractivity contribution in [2.24, 2.45) is 0 Å². The molecule has 1 heterocycles. The summed E-state index contributed by atoms with van der Waals surface area (Å²) in [6.07, 6.45) is 1.42. The first-order valence-corrected chi connectivity index (χ1v) is 7.68. The van der Waals surface area contributed by atoms with Crippen LogP contribution in [0.5, 0.6) is 0 Å². The molecule has 23 heavy (non-hydrogen) atoms. The first kappa shape index (κ1) is 16.8. The van der Waals surface area contributed by atoms with Crippen LogP contribution in [-0.2, 0) is 12.8 Å². The molecule has 0 saturated heterocycles. The van der Waals surface area contributed by atoms with Crippen molar-refractivity contribution < 1.29 is 14.0 Å². The Balaban J connectivity index is 1.90. The smallest absolute Gasteiger partial charge is 0.287 e. The molecular weight excluding hydrogens is 292 g/mol. The summed E-state index contributed by atoms with van der Waals surface area (Å²) in [5, 5.41) is 2.83. The Kier molecular flexibility index (Phi) is 5.57. The summed E-state index contributed by atoms with van der Waals surface area (Å²) in [7, 11) is 3.45. The summed E-state index contributed by atoms with van der Waals surface area (Å²) in [6, 6.07) is 10.9. The molecule has 1 N–H and O–H groups in total. The summed E-state index contributed by atoms with van der Waals surface area (Å²) >= 11 is 0. The number of aryl methyl sites for hydroxylation is 1. The van der Waals surface area contributed by atoms with Crippen molar-refractivity contribution in [2.45, 2.75) is 19.8 Å². The SMILES string of the molecule is CCc1ccc(C(=O)NCCc2cccc(C(=O)N(C)C)c2)o1. The molecule has 2 rings (SSSR count). The van der Waals surface area contributed by atoms with Crippen LogP contribution in [0, 0.1) is 0 Å². The van der Waals surface area contributed by atoms with Gasteiger partial charge in [-0.3, -0.25) is 9.59 Å². The van der Waals surface area contributed by atoms with E-state index in [2.05, 4.69) is 5.32 Å². The number of rotatable bonds is 6. The average molecular weight is 314 g/mol. The van der Waals surface area contributed by atoms with Crippen LogP contribution in [0.4, 0.5) is 0 Å². The van der Waals surface area contributed by atoms with Crippen LogP contribution in [0.2, 0.25) is 0 Å². The number of hydrogen-bond donors (Lipinski definition) is 1. The Hall–Kier alpha value is -2.56. The van der Waals surface area contributed by atoms with Gasteiger partial charge in [0.15, 0.2) is 5.76 Å². The van der Waals surface area contributed by atoms with E-state index in [-0.39, 0.29) is 11.8 Å². The molecule has 0 aliphatic rings. The highest BCUT2D eigenvalue weighted by Crippen LogP contribution is 2.09. The van der Waals surface area contributed by atoms with Gasteiger partial charge in [0.05, 0.1) is 0 Å². The van der Waals surface area contributed by atoms with Crippen LogP contribution in [0.25, 0.3) is 0 Å². The zero-order valence-electron chi connectivity index (χ0n) is 13.8. The lowest BCUT2D eigenvalue weighted by molar-refractivity contribution is 0.0827. The fourth-order valence-electron chi connectivity index (χ4n) is 2.22. The number of carbonyl (C=O) groups is 2. The summed E-state index contributed by atoms with van der Waals surface area (Å²) in [5.74, 6) is 0.882. The van der Waals surface area contributed by atoms with Crippen LogP contribution < -0.4 is 5.32 Å². The summed E-state index contributed by atoms with van der Waals surface area (Å²) in [5.41, 5.74) is 1.66. The van der Waals surface area contributed by atoms with Crippen LogP contribution in [0.15, 0.2) is 40.8 Å². The summed E-state index contributed by atoms with van der Waals surface area (Å²) < 4.78 is 5.41. The highest BCUT2D eigenvalue weighted by atomic mass is 16.3. The van der Waals surface area contributed by atoms with Crippen LogP contribution in [-0.4, -0.2) is 37.4 Å².